The van der Waals surface area contributed by atoms with Crippen LogP contribution in [0.2, 0.25) is 0 Å². The molecule has 1 saturated carbocycles. The molecule has 1 fully saturated rings. The first kappa shape index (κ1) is 16.5. The molecule has 0 aliphatic heterocycles. The molecule has 0 saturated heterocycles. The van der Waals surface area contributed by atoms with Crippen molar-refractivity contribution in [1.82, 2.24) is 9.80 Å². The number of nitrogens with zero attached hydrogens (tertiary/aromatic N) is 2. The highest BCUT2D eigenvalue weighted by atomic mass is 32.1. The Morgan fingerprint density at radius 2 is 2.14 bits per heavy atom. The fourth-order valence-corrected chi connectivity index (χ4v) is 3.98. The van der Waals surface area contributed by atoms with Crippen LogP contribution in [0.25, 0.3) is 0 Å². The van der Waals surface area contributed by atoms with Crippen LogP contribution in [0.3, 0.4) is 0 Å². The van der Waals surface area contributed by atoms with Gasteiger partial charge in [0.15, 0.2) is 0 Å². The summed E-state index contributed by atoms with van der Waals surface area (Å²) in [5, 5.41) is 2.05. The van der Waals surface area contributed by atoms with E-state index in [0.29, 0.717) is 25.0 Å². The summed E-state index contributed by atoms with van der Waals surface area (Å²) >= 11 is 1.70. The number of hydrogen-bond donors (Lipinski definition) is 1. The zero-order valence-corrected chi connectivity index (χ0v) is 13.9. The van der Waals surface area contributed by atoms with E-state index >= 15 is 0 Å². The van der Waals surface area contributed by atoms with Crippen molar-refractivity contribution in [2.45, 2.75) is 38.3 Å². The minimum absolute atomic E-state index is 0.187. The molecule has 0 radical (unpaired) electrons. The highest BCUT2D eigenvalue weighted by molar-refractivity contribution is 7.09. The number of hydrogen-bond acceptors (Lipinski definition) is 4. The summed E-state index contributed by atoms with van der Waals surface area (Å²) in [7, 11) is 3.95. The Hall–Kier alpha value is -0.910. The molecule has 1 aliphatic rings. The fourth-order valence-electron chi connectivity index (χ4n) is 3.22. The average Bonchev–Trinajstić information content (AvgIpc) is 2.99. The molecule has 0 spiro atoms. The van der Waals surface area contributed by atoms with E-state index in [-0.39, 0.29) is 5.91 Å². The Morgan fingerprint density at radius 3 is 2.81 bits per heavy atom. The summed E-state index contributed by atoms with van der Waals surface area (Å²) in [5.74, 6) is 0.728. The summed E-state index contributed by atoms with van der Waals surface area (Å²) in [4.78, 5) is 17.6. The van der Waals surface area contributed by atoms with E-state index in [4.69, 9.17) is 5.73 Å². The van der Waals surface area contributed by atoms with Crippen LogP contribution in [0, 0.1) is 5.92 Å². The van der Waals surface area contributed by atoms with Crippen molar-refractivity contribution < 1.29 is 4.79 Å². The molecule has 118 valence electrons. The first-order valence-corrected chi connectivity index (χ1v) is 8.66. The average molecular weight is 309 g/mol. The molecule has 5 heteroatoms. The van der Waals surface area contributed by atoms with Gasteiger partial charge in [-0.25, -0.2) is 0 Å². The number of nitrogens with two attached hydrogens (primary N) is 1. The molecular weight excluding hydrogens is 282 g/mol. The Bertz CT molecular complexity index is 435. The maximum absolute atomic E-state index is 12.4. The zero-order valence-electron chi connectivity index (χ0n) is 13.1. The zero-order chi connectivity index (χ0) is 15.2. The largest absolute Gasteiger partial charge is 0.340 e. The normalized spacial score (nSPS) is 22.5. The SMILES string of the molecule is CN(Cc1cccs1)C(=O)CN(C)C1CCCCC1CN. The summed E-state index contributed by atoms with van der Waals surface area (Å²) in [6, 6.07) is 4.56. The van der Waals surface area contributed by atoms with Gasteiger partial charge in [0.2, 0.25) is 5.91 Å². The van der Waals surface area contributed by atoms with Gasteiger partial charge in [-0.2, -0.15) is 0 Å². The molecule has 0 bridgehead atoms. The lowest BCUT2D eigenvalue weighted by atomic mass is 9.84. The van der Waals surface area contributed by atoms with Gasteiger partial charge in [-0.05, 0) is 43.8 Å². The first-order chi connectivity index (χ1) is 10.1. The third-order valence-corrected chi connectivity index (χ3v) is 5.38. The third-order valence-electron chi connectivity index (χ3n) is 4.52. The maximum Gasteiger partial charge on any atom is 0.236 e. The van der Waals surface area contributed by atoms with E-state index in [1.807, 2.05) is 23.4 Å². The summed E-state index contributed by atoms with van der Waals surface area (Å²) < 4.78 is 0. The van der Waals surface area contributed by atoms with Crippen LogP contribution in [0.1, 0.15) is 30.6 Å². The smallest absolute Gasteiger partial charge is 0.236 e. The second kappa shape index (κ2) is 7.92. The summed E-state index contributed by atoms with van der Waals surface area (Å²) in [6.45, 7) is 1.92. The Balaban J connectivity index is 1.85. The topological polar surface area (TPSA) is 49.6 Å². The number of rotatable bonds is 6. The Labute approximate surface area is 131 Å². The highest BCUT2D eigenvalue weighted by Crippen LogP contribution is 2.27. The van der Waals surface area contributed by atoms with Crippen molar-refractivity contribution >= 4 is 17.2 Å². The van der Waals surface area contributed by atoms with E-state index in [0.717, 1.165) is 6.54 Å². The number of likely N-dealkylation sites (N-methyl/N-ethyl adjacent to an activating group) is 2. The molecule has 2 atom stereocenters. The molecule has 1 amide bonds. The van der Waals surface area contributed by atoms with Crippen molar-refractivity contribution in [3.8, 4) is 0 Å². The number of amides is 1. The van der Waals surface area contributed by atoms with E-state index in [1.165, 1.54) is 30.6 Å². The molecule has 2 rings (SSSR count). The minimum atomic E-state index is 0.187. The molecule has 4 nitrogen and oxygen atoms in total. The third kappa shape index (κ3) is 4.53. The first-order valence-electron chi connectivity index (χ1n) is 7.78. The lowest BCUT2D eigenvalue weighted by molar-refractivity contribution is -0.132. The molecule has 2 unspecified atom stereocenters. The van der Waals surface area contributed by atoms with Gasteiger partial charge in [0.05, 0.1) is 13.1 Å². The standard InChI is InChI=1S/C16H27N3OS/c1-18(15-8-4-3-6-13(15)10-17)12-16(20)19(2)11-14-7-5-9-21-14/h5,7,9,13,15H,3-4,6,8,10-12,17H2,1-2H3. The Morgan fingerprint density at radius 1 is 1.38 bits per heavy atom. The maximum atomic E-state index is 12.4. The van der Waals surface area contributed by atoms with Crippen LogP contribution in [0.5, 0.6) is 0 Å². The molecular formula is C16H27N3OS. The van der Waals surface area contributed by atoms with Crippen molar-refractivity contribution in [2.24, 2.45) is 11.7 Å². The Kier molecular flexibility index (Phi) is 6.21. The highest BCUT2D eigenvalue weighted by Gasteiger charge is 2.28. The van der Waals surface area contributed by atoms with E-state index in [2.05, 4.69) is 18.0 Å². The summed E-state index contributed by atoms with van der Waals surface area (Å²) in [6.07, 6.45) is 4.90. The van der Waals surface area contributed by atoms with E-state index < -0.39 is 0 Å². The van der Waals surface area contributed by atoms with Crippen molar-refractivity contribution in [1.29, 1.82) is 0 Å². The van der Waals surface area contributed by atoms with Gasteiger partial charge in [0.1, 0.15) is 0 Å². The molecule has 21 heavy (non-hydrogen) atoms. The monoisotopic (exact) mass is 309 g/mol. The molecule has 2 N–H and O–H groups in total. The van der Waals surface area contributed by atoms with Gasteiger partial charge in [-0.15, -0.1) is 11.3 Å². The molecule has 1 aliphatic carbocycles. The molecule has 1 heterocycles. The van der Waals surface area contributed by atoms with Gasteiger partial charge >= 0.3 is 0 Å². The lowest BCUT2D eigenvalue weighted by Crippen LogP contribution is -2.47. The lowest BCUT2D eigenvalue weighted by Gasteiger charge is -2.37. The quantitative estimate of drug-likeness (QED) is 0.876. The van der Waals surface area contributed by atoms with E-state index in [9.17, 15) is 4.79 Å². The number of carbonyl (C=O) groups is 1. The minimum Gasteiger partial charge on any atom is -0.340 e. The van der Waals surface area contributed by atoms with Crippen LogP contribution in [0.15, 0.2) is 17.5 Å². The predicted molar refractivity (Wildman–Crippen MR) is 88.2 cm³/mol. The number of carbonyl (C=O) groups excluding carboxylic acids is 1. The van der Waals surface area contributed by atoms with Crippen molar-refractivity contribution in [3.63, 3.8) is 0 Å². The summed E-state index contributed by atoms with van der Waals surface area (Å²) in [5.41, 5.74) is 5.89. The number of thiophene rings is 1. The molecule has 1 aromatic heterocycles. The van der Waals surface area contributed by atoms with E-state index in [1.54, 1.807) is 11.3 Å². The fraction of sp³-hybridized carbons (Fsp3) is 0.688. The van der Waals surface area contributed by atoms with Crippen LogP contribution in [-0.4, -0.2) is 48.9 Å². The van der Waals surface area contributed by atoms with Gasteiger partial charge in [0, 0.05) is 18.0 Å². The van der Waals surface area contributed by atoms with Gasteiger partial charge in [-0.1, -0.05) is 18.9 Å². The van der Waals surface area contributed by atoms with Gasteiger partial charge < -0.3 is 10.6 Å². The molecule has 1 aromatic rings. The van der Waals surface area contributed by atoms with Gasteiger partial charge in [-0.3, -0.25) is 9.69 Å². The molecule has 0 aromatic carbocycles. The van der Waals surface area contributed by atoms with Gasteiger partial charge in [0.25, 0.3) is 0 Å². The van der Waals surface area contributed by atoms with Crippen LogP contribution < -0.4 is 5.73 Å². The van der Waals surface area contributed by atoms with Crippen molar-refractivity contribution in [3.05, 3.63) is 22.4 Å². The van der Waals surface area contributed by atoms with Crippen LogP contribution >= 0.6 is 11.3 Å². The van der Waals surface area contributed by atoms with Crippen LogP contribution in [0.4, 0.5) is 0 Å². The van der Waals surface area contributed by atoms with Crippen molar-refractivity contribution in [2.75, 3.05) is 27.2 Å². The second-order valence-corrected chi connectivity index (χ2v) is 7.12. The predicted octanol–water partition coefficient (Wildman–Crippen LogP) is 2.16. The second-order valence-electron chi connectivity index (χ2n) is 6.09. The van der Waals surface area contributed by atoms with Crippen LogP contribution in [-0.2, 0) is 11.3 Å².